The second-order valence-corrected chi connectivity index (χ2v) is 5.04. The molecule has 0 fully saturated rings. The van der Waals surface area contributed by atoms with Crippen LogP contribution in [0, 0.1) is 0 Å². The SMILES string of the molecule is CN(Cc1ccsc1)C(=O)CSCCO. The van der Waals surface area contributed by atoms with Crippen LogP contribution in [-0.2, 0) is 11.3 Å². The van der Waals surface area contributed by atoms with Gasteiger partial charge in [0.15, 0.2) is 0 Å². The van der Waals surface area contributed by atoms with Gasteiger partial charge in [0.05, 0.1) is 12.4 Å². The fourth-order valence-corrected chi connectivity index (χ4v) is 2.41. The molecular weight excluding hydrogens is 230 g/mol. The summed E-state index contributed by atoms with van der Waals surface area (Å²) in [5.41, 5.74) is 1.17. The largest absolute Gasteiger partial charge is 0.396 e. The number of thioether (sulfide) groups is 1. The zero-order chi connectivity index (χ0) is 11.1. The number of rotatable bonds is 6. The first kappa shape index (κ1) is 12.5. The van der Waals surface area contributed by atoms with E-state index < -0.39 is 0 Å². The maximum atomic E-state index is 11.6. The van der Waals surface area contributed by atoms with E-state index in [0.29, 0.717) is 18.1 Å². The Kier molecular flexibility index (Phi) is 5.75. The Labute approximate surface area is 98.1 Å². The number of nitrogens with zero attached hydrogens (tertiary/aromatic N) is 1. The van der Waals surface area contributed by atoms with Crippen LogP contribution in [0.1, 0.15) is 5.56 Å². The summed E-state index contributed by atoms with van der Waals surface area (Å²) in [6, 6.07) is 2.02. The molecule has 15 heavy (non-hydrogen) atoms. The van der Waals surface area contributed by atoms with Crippen LogP contribution in [0.5, 0.6) is 0 Å². The molecule has 0 aliphatic carbocycles. The van der Waals surface area contributed by atoms with Crippen molar-refractivity contribution in [3.8, 4) is 0 Å². The molecule has 5 heteroatoms. The Morgan fingerprint density at radius 3 is 3.07 bits per heavy atom. The van der Waals surface area contributed by atoms with Crippen molar-refractivity contribution in [1.82, 2.24) is 4.90 Å². The van der Waals surface area contributed by atoms with Crippen molar-refractivity contribution < 1.29 is 9.90 Å². The number of aliphatic hydroxyl groups excluding tert-OH is 1. The summed E-state index contributed by atoms with van der Waals surface area (Å²) < 4.78 is 0. The number of hydrogen-bond acceptors (Lipinski definition) is 4. The number of aliphatic hydroxyl groups is 1. The summed E-state index contributed by atoms with van der Waals surface area (Å²) in [4.78, 5) is 13.3. The fourth-order valence-electron chi connectivity index (χ4n) is 1.08. The molecule has 1 aromatic rings. The van der Waals surface area contributed by atoms with E-state index in [0.717, 1.165) is 0 Å². The summed E-state index contributed by atoms with van der Waals surface area (Å²) in [5, 5.41) is 12.6. The Balaban J connectivity index is 2.27. The quantitative estimate of drug-likeness (QED) is 0.771. The van der Waals surface area contributed by atoms with Crippen molar-refractivity contribution in [2.24, 2.45) is 0 Å². The van der Waals surface area contributed by atoms with Gasteiger partial charge in [-0.3, -0.25) is 4.79 Å². The fraction of sp³-hybridized carbons (Fsp3) is 0.500. The van der Waals surface area contributed by atoms with E-state index in [2.05, 4.69) is 0 Å². The average Bonchev–Trinajstić information content (AvgIpc) is 2.70. The lowest BCUT2D eigenvalue weighted by Crippen LogP contribution is -2.27. The molecule has 0 saturated heterocycles. The van der Waals surface area contributed by atoms with E-state index in [-0.39, 0.29) is 12.5 Å². The first-order valence-electron chi connectivity index (χ1n) is 4.67. The summed E-state index contributed by atoms with van der Waals surface area (Å²) in [6.07, 6.45) is 0. The lowest BCUT2D eigenvalue weighted by Gasteiger charge is -2.15. The molecule has 0 saturated carbocycles. The highest BCUT2D eigenvalue weighted by Crippen LogP contribution is 2.09. The minimum Gasteiger partial charge on any atom is -0.396 e. The highest BCUT2D eigenvalue weighted by atomic mass is 32.2. The van der Waals surface area contributed by atoms with Gasteiger partial charge >= 0.3 is 0 Å². The molecule has 0 spiro atoms. The molecule has 3 nitrogen and oxygen atoms in total. The highest BCUT2D eigenvalue weighted by molar-refractivity contribution is 7.99. The summed E-state index contributed by atoms with van der Waals surface area (Å²) in [6.45, 7) is 0.800. The zero-order valence-corrected chi connectivity index (χ0v) is 10.3. The van der Waals surface area contributed by atoms with Crippen LogP contribution in [-0.4, -0.2) is 41.1 Å². The van der Waals surface area contributed by atoms with Crippen LogP contribution >= 0.6 is 23.1 Å². The molecule has 0 aliphatic rings. The van der Waals surface area contributed by atoms with Crippen LogP contribution in [0.25, 0.3) is 0 Å². The lowest BCUT2D eigenvalue weighted by molar-refractivity contribution is -0.127. The molecule has 0 aliphatic heterocycles. The number of carbonyl (C=O) groups is 1. The van der Waals surface area contributed by atoms with Gasteiger partial charge in [-0.25, -0.2) is 0 Å². The topological polar surface area (TPSA) is 40.5 Å². The van der Waals surface area contributed by atoms with E-state index >= 15 is 0 Å². The molecule has 1 rings (SSSR count). The Bertz CT molecular complexity index is 288. The van der Waals surface area contributed by atoms with E-state index in [1.165, 1.54) is 17.3 Å². The predicted octanol–water partition coefficient (Wildman–Crippen LogP) is 1.43. The van der Waals surface area contributed by atoms with Crippen LogP contribution in [0.15, 0.2) is 16.8 Å². The van der Waals surface area contributed by atoms with Gasteiger partial charge in [0.2, 0.25) is 5.91 Å². The van der Waals surface area contributed by atoms with Crippen LogP contribution in [0.3, 0.4) is 0 Å². The van der Waals surface area contributed by atoms with Crippen molar-refractivity contribution >= 4 is 29.0 Å². The van der Waals surface area contributed by atoms with Crippen molar-refractivity contribution in [3.05, 3.63) is 22.4 Å². The number of thiophene rings is 1. The maximum Gasteiger partial charge on any atom is 0.232 e. The standard InChI is InChI=1S/C10H15NO2S2/c1-11(6-9-2-4-14-7-9)10(13)8-15-5-3-12/h2,4,7,12H,3,5-6,8H2,1H3. The van der Waals surface area contributed by atoms with E-state index in [4.69, 9.17) is 5.11 Å². The molecule has 1 amide bonds. The normalized spacial score (nSPS) is 10.3. The van der Waals surface area contributed by atoms with Crippen LogP contribution in [0.4, 0.5) is 0 Å². The summed E-state index contributed by atoms with van der Waals surface area (Å²) in [7, 11) is 1.81. The number of amides is 1. The second kappa shape index (κ2) is 6.87. The maximum absolute atomic E-state index is 11.6. The first-order chi connectivity index (χ1) is 7.24. The van der Waals surface area contributed by atoms with Crippen molar-refractivity contribution in [2.45, 2.75) is 6.54 Å². The molecule has 0 unspecified atom stereocenters. The summed E-state index contributed by atoms with van der Waals surface area (Å²) in [5.74, 6) is 1.18. The molecule has 0 radical (unpaired) electrons. The third kappa shape index (κ3) is 4.68. The Morgan fingerprint density at radius 1 is 1.67 bits per heavy atom. The molecule has 0 atom stereocenters. The van der Waals surface area contributed by atoms with E-state index in [1.54, 1.807) is 23.3 Å². The van der Waals surface area contributed by atoms with Gasteiger partial charge < -0.3 is 10.0 Å². The molecule has 0 bridgehead atoms. The summed E-state index contributed by atoms with van der Waals surface area (Å²) >= 11 is 3.10. The Morgan fingerprint density at radius 2 is 2.47 bits per heavy atom. The highest BCUT2D eigenvalue weighted by Gasteiger charge is 2.08. The molecule has 84 valence electrons. The molecule has 0 aromatic carbocycles. The van der Waals surface area contributed by atoms with Gasteiger partial charge in [0.1, 0.15) is 0 Å². The molecule has 1 heterocycles. The second-order valence-electron chi connectivity index (χ2n) is 3.16. The number of hydrogen-bond donors (Lipinski definition) is 1. The zero-order valence-electron chi connectivity index (χ0n) is 8.68. The first-order valence-corrected chi connectivity index (χ1v) is 6.77. The Hall–Kier alpha value is -0.520. The predicted molar refractivity (Wildman–Crippen MR) is 65.2 cm³/mol. The minimum absolute atomic E-state index is 0.111. The van der Waals surface area contributed by atoms with Crippen LogP contribution < -0.4 is 0 Å². The third-order valence-corrected chi connectivity index (χ3v) is 3.54. The van der Waals surface area contributed by atoms with E-state index in [1.807, 2.05) is 16.8 Å². The lowest BCUT2D eigenvalue weighted by atomic mass is 10.3. The molecular formula is C10H15NO2S2. The van der Waals surface area contributed by atoms with Gasteiger partial charge in [0, 0.05) is 19.3 Å². The van der Waals surface area contributed by atoms with Gasteiger partial charge in [0.25, 0.3) is 0 Å². The molecule has 1 aromatic heterocycles. The minimum atomic E-state index is 0.111. The van der Waals surface area contributed by atoms with Crippen molar-refractivity contribution in [2.75, 3.05) is 25.2 Å². The van der Waals surface area contributed by atoms with E-state index in [9.17, 15) is 4.79 Å². The van der Waals surface area contributed by atoms with Gasteiger partial charge in [-0.1, -0.05) is 0 Å². The van der Waals surface area contributed by atoms with Gasteiger partial charge in [-0.15, -0.1) is 11.8 Å². The average molecular weight is 245 g/mol. The van der Waals surface area contributed by atoms with Gasteiger partial charge in [-0.05, 0) is 22.4 Å². The van der Waals surface area contributed by atoms with Gasteiger partial charge in [-0.2, -0.15) is 11.3 Å². The van der Waals surface area contributed by atoms with Crippen molar-refractivity contribution in [1.29, 1.82) is 0 Å². The monoisotopic (exact) mass is 245 g/mol. The van der Waals surface area contributed by atoms with Crippen molar-refractivity contribution in [3.63, 3.8) is 0 Å². The third-order valence-electron chi connectivity index (χ3n) is 1.89. The number of carbonyl (C=O) groups excluding carboxylic acids is 1. The van der Waals surface area contributed by atoms with Crippen LogP contribution in [0.2, 0.25) is 0 Å². The molecule has 1 N–H and O–H groups in total. The smallest absolute Gasteiger partial charge is 0.232 e.